The highest BCUT2D eigenvalue weighted by atomic mass is 32.2. The highest BCUT2D eigenvalue weighted by molar-refractivity contribution is 7.89. The highest BCUT2D eigenvalue weighted by Crippen LogP contribution is 2.34. The van der Waals surface area contributed by atoms with E-state index in [1.54, 1.807) is 34.5 Å². The van der Waals surface area contributed by atoms with E-state index in [0.29, 0.717) is 19.5 Å². The van der Waals surface area contributed by atoms with Crippen molar-refractivity contribution in [3.05, 3.63) is 58.8 Å². The minimum atomic E-state index is -3.63. The lowest BCUT2D eigenvalue weighted by Crippen LogP contribution is -2.35. The van der Waals surface area contributed by atoms with Gasteiger partial charge in [0, 0.05) is 48.8 Å². The number of aryl methyl sites for hydroxylation is 1. The number of hydrogen-bond acceptors (Lipinski definition) is 3. The number of likely N-dealkylation sites (N-methyl/N-ethyl adjacent to an activating group) is 1. The molecule has 7 heteroatoms. The zero-order valence-electron chi connectivity index (χ0n) is 15.8. The molecule has 0 atom stereocenters. The zero-order valence-corrected chi connectivity index (χ0v) is 16.6. The van der Waals surface area contributed by atoms with Crippen LogP contribution in [0.5, 0.6) is 0 Å². The summed E-state index contributed by atoms with van der Waals surface area (Å²) < 4.78 is 28.2. The molecule has 3 aromatic rings. The van der Waals surface area contributed by atoms with Crippen LogP contribution >= 0.6 is 0 Å². The van der Waals surface area contributed by atoms with Crippen LogP contribution in [0, 0.1) is 6.92 Å². The first-order chi connectivity index (χ1) is 13.3. The third kappa shape index (κ3) is 2.50. The Morgan fingerprint density at radius 2 is 1.93 bits per heavy atom. The van der Waals surface area contributed by atoms with Crippen LogP contribution in [0.25, 0.3) is 10.9 Å². The van der Waals surface area contributed by atoms with Gasteiger partial charge in [0.1, 0.15) is 0 Å². The predicted octanol–water partition coefficient (Wildman–Crippen LogP) is 2.74. The second-order valence-corrected chi connectivity index (χ2v) is 9.58. The normalized spacial score (nSPS) is 17.2. The molecule has 0 saturated heterocycles. The monoisotopic (exact) mass is 395 g/mol. The number of sulfonamides is 1. The van der Waals surface area contributed by atoms with E-state index in [2.05, 4.69) is 23.2 Å². The predicted molar refractivity (Wildman–Crippen MR) is 108 cm³/mol. The number of H-pyrrole nitrogens is 1. The number of fused-ring (bicyclic) bond motifs is 4. The van der Waals surface area contributed by atoms with Crippen LogP contribution < -0.4 is 4.90 Å². The number of carbonyl (C=O) groups is 1. The lowest BCUT2D eigenvalue weighted by atomic mass is 10.0. The number of anilines is 1. The Labute approximate surface area is 163 Å². The molecule has 0 unspecified atom stereocenters. The molecule has 0 aliphatic carbocycles. The Morgan fingerprint density at radius 1 is 1.11 bits per heavy atom. The first-order valence-electron chi connectivity index (χ1n) is 9.34. The van der Waals surface area contributed by atoms with Crippen LogP contribution in [0.1, 0.15) is 22.4 Å². The number of nitrogens with one attached hydrogen (secondary N) is 1. The number of nitrogens with zero attached hydrogens (tertiary/aromatic N) is 2. The van der Waals surface area contributed by atoms with Crippen molar-refractivity contribution < 1.29 is 13.2 Å². The smallest absolute Gasteiger partial charge is 0.243 e. The molecule has 2 aromatic carbocycles. The Balaban J connectivity index is 1.52. The van der Waals surface area contributed by atoms with Gasteiger partial charge in [-0.15, -0.1) is 0 Å². The SMILES string of the molecule is Cc1ccc2[nH]c3c(c2c1)CN(S(=O)(=O)c1ccc2c(c1)CC(=O)N2C)CC3. The summed E-state index contributed by atoms with van der Waals surface area (Å²) in [7, 11) is -1.91. The molecular formula is C21H21N3O3S. The van der Waals surface area contributed by atoms with Crippen LogP contribution in [0.4, 0.5) is 5.69 Å². The average Bonchev–Trinajstić information content (AvgIpc) is 3.18. The van der Waals surface area contributed by atoms with Gasteiger partial charge in [0.15, 0.2) is 0 Å². The number of amides is 1. The van der Waals surface area contributed by atoms with E-state index < -0.39 is 10.0 Å². The summed E-state index contributed by atoms with van der Waals surface area (Å²) in [5.41, 5.74) is 5.94. The minimum Gasteiger partial charge on any atom is -0.358 e. The fourth-order valence-corrected chi connectivity index (χ4v) is 5.72. The molecular weight excluding hydrogens is 374 g/mol. The standard InChI is InChI=1S/C21H21N3O3S/c1-13-3-5-18-16(9-13)17-12-24(8-7-19(17)22-18)28(26,27)15-4-6-20-14(10-15)11-21(25)23(20)2/h3-6,9-10,22H,7-8,11-12H2,1-2H3. The maximum atomic E-state index is 13.3. The van der Waals surface area contributed by atoms with Gasteiger partial charge in [0.05, 0.1) is 11.3 Å². The molecule has 1 amide bonds. The summed E-state index contributed by atoms with van der Waals surface area (Å²) in [6.45, 7) is 2.84. The maximum Gasteiger partial charge on any atom is 0.243 e. The molecule has 1 N–H and O–H groups in total. The molecule has 0 bridgehead atoms. The quantitative estimate of drug-likeness (QED) is 0.725. The van der Waals surface area contributed by atoms with Gasteiger partial charge in [0.2, 0.25) is 15.9 Å². The molecule has 2 aliphatic rings. The molecule has 3 heterocycles. The Kier molecular flexibility index (Phi) is 3.70. The molecule has 0 saturated carbocycles. The van der Waals surface area contributed by atoms with Gasteiger partial charge in [-0.05, 0) is 48.4 Å². The van der Waals surface area contributed by atoms with Crippen LogP contribution in [-0.4, -0.2) is 37.2 Å². The number of benzene rings is 2. The minimum absolute atomic E-state index is 0.0127. The van der Waals surface area contributed by atoms with Gasteiger partial charge in [-0.3, -0.25) is 4.79 Å². The van der Waals surface area contributed by atoms with Crippen molar-refractivity contribution in [1.82, 2.24) is 9.29 Å². The van der Waals surface area contributed by atoms with Crippen LogP contribution in [0.2, 0.25) is 0 Å². The number of rotatable bonds is 2. The lowest BCUT2D eigenvalue weighted by Gasteiger charge is -2.26. The van der Waals surface area contributed by atoms with Crippen molar-refractivity contribution >= 4 is 32.5 Å². The Hall–Kier alpha value is -2.64. The average molecular weight is 395 g/mol. The zero-order chi connectivity index (χ0) is 19.6. The summed E-state index contributed by atoms with van der Waals surface area (Å²) >= 11 is 0. The van der Waals surface area contributed by atoms with Gasteiger partial charge in [0.25, 0.3) is 0 Å². The van der Waals surface area contributed by atoms with Crippen molar-refractivity contribution in [2.24, 2.45) is 0 Å². The van der Waals surface area contributed by atoms with E-state index in [1.807, 2.05) is 6.92 Å². The summed E-state index contributed by atoms with van der Waals surface area (Å²) in [6.07, 6.45) is 0.912. The number of hydrogen-bond donors (Lipinski definition) is 1. The third-order valence-corrected chi connectivity index (χ3v) is 7.70. The summed E-state index contributed by atoms with van der Waals surface area (Å²) in [6, 6.07) is 11.2. The Bertz CT molecular complexity index is 1240. The molecule has 144 valence electrons. The molecule has 28 heavy (non-hydrogen) atoms. The molecule has 6 nitrogen and oxygen atoms in total. The second kappa shape index (κ2) is 5.93. The first-order valence-corrected chi connectivity index (χ1v) is 10.8. The largest absolute Gasteiger partial charge is 0.358 e. The number of aromatic amines is 1. The molecule has 5 rings (SSSR count). The third-order valence-electron chi connectivity index (χ3n) is 5.86. The van der Waals surface area contributed by atoms with Gasteiger partial charge in [-0.2, -0.15) is 4.31 Å². The molecule has 1 aromatic heterocycles. The number of aromatic nitrogens is 1. The van der Waals surface area contributed by atoms with Crippen molar-refractivity contribution in [3.63, 3.8) is 0 Å². The van der Waals surface area contributed by atoms with Gasteiger partial charge in [-0.25, -0.2) is 8.42 Å². The second-order valence-electron chi connectivity index (χ2n) is 7.64. The van der Waals surface area contributed by atoms with E-state index in [4.69, 9.17) is 0 Å². The summed E-state index contributed by atoms with van der Waals surface area (Å²) in [5.74, 6) is -0.0127. The van der Waals surface area contributed by atoms with Crippen LogP contribution in [0.15, 0.2) is 41.3 Å². The van der Waals surface area contributed by atoms with E-state index in [0.717, 1.165) is 39.0 Å². The molecule has 0 radical (unpaired) electrons. The number of carbonyl (C=O) groups excluding carboxylic acids is 1. The fourth-order valence-electron chi connectivity index (χ4n) is 4.26. The van der Waals surface area contributed by atoms with Gasteiger partial charge in [-0.1, -0.05) is 11.6 Å². The highest BCUT2D eigenvalue weighted by Gasteiger charge is 2.32. The topological polar surface area (TPSA) is 73.5 Å². The first kappa shape index (κ1) is 17.5. The van der Waals surface area contributed by atoms with Crippen LogP contribution in [0.3, 0.4) is 0 Å². The maximum absolute atomic E-state index is 13.3. The van der Waals surface area contributed by atoms with E-state index in [9.17, 15) is 13.2 Å². The van der Waals surface area contributed by atoms with Crippen LogP contribution in [-0.2, 0) is 34.2 Å². The van der Waals surface area contributed by atoms with Gasteiger partial charge < -0.3 is 9.88 Å². The van der Waals surface area contributed by atoms with Crippen molar-refractivity contribution in [2.45, 2.75) is 31.2 Å². The van der Waals surface area contributed by atoms with Gasteiger partial charge >= 0.3 is 0 Å². The van der Waals surface area contributed by atoms with Crippen molar-refractivity contribution in [1.29, 1.82) is 0 Å². The fraction of sp³-hybridized carbons (Fsp3) is 0.286. The molecule has 0 fully saturated rings. The van der Waals surface area contributed by atoms with E-state index in [1.165, 1.54) is 0 Å². The molecule has 0 spiro atoms. The van der Waals surface area contributed by atoms with E-state index >= 15 is 0 Å². The lowest BCUT2D eigenvalue weighted by molar-refractivity contribution is -0.117. The molecule has 2 aliphatic heterocycles. The Morgan fingerprint density at radius 3 is 2.75 bits per heavy atom. The van der Waals surface area contributed by atoms with Crippen molar-refractivity contribution in [3.8, 4) is 0 Å². The summed E-state index contributed by atoms with van der Waals surface area (Å²) in [5, 5.41) is 1.09. The summed E-state index contributed by atoms with van der Waals surface area (Å²) in [4.78, 5) is 17.2. The van der Waals surface area contributed by atoms with Crippen molar-refractivity contribution in [2.75, 3.05) is 18.5 Å². The van der Waals surface area contributed by atoms with E-state index in [-0.39, 0.29) is 17.2 Å².